The summed E-state index contributed by atoms with van der Waals surface area (Å²) in [4.78, 5) is 28.0. The van der Waals surface area contributed by atoms with Crippen LogP contribution in [0.1, 0.15) is 46.9 Å². The molecule has 0 bridgehead atoms. The topological polar surface area (TPSA) is 63.4 Å². The van der Waals surface area contributed by atoms with Crippen LogP contribution in [-0.2, 0) is 6.42 Å². The van der Waals surface area contributed by atoms with Crippen molar-refractivity contribution in [2.75, 3.05) is 13.1 Å². The molecule has 7 heteroatoms. The first-order valence-electron chi connectivity index (χ1n) is 8.28. The average Bonchev–Trinajstić information content (AvgIpc) is 3.27. The number of carbonyl (C=O) groups excluding carboxylic acids is 1. The van der Waals surface area contributed by atoms with Crippen molar-refractivity contribution < 1.29 is 4.79 Å². The van der Waals surface area contributed by atoms with E-state index in [9.17, 15) is 4.79 Å². The first-order chi connectivity index (χ1) is 11.7. The monoisotopic (exact) mass is 341 g/mol. The number of hydrogen-bond donors (Lipinski definition) is 0. The van der Waals surface area contributed by atoms with E-state index in [-0.39, 0.29) is 5.91 Å². The number of imidazole rings is 1. The van der Waals surface area contributed by atoms with Gasteiger partial charge in [-0.25, -0.2) is 15.0 Å². The minimum Gasteiger partial charge on any atom is -0.337 e. The lowest BCUT2D eigenvalue weighted by Gasteiger charge is -2.31. The molecule has 1 atom stereocenters. The van der Waals surface area contributed by atoms with Crippen molar-refractivity contribution in [3.63, 3.8) is 0 Å². The molecule has 0 saturated carbocycles. The zero-order chi connectivity index (χ0) is 16.5. The van der Waals surface area contributed by atoms with Crippen LogP contribution in [0.5, 0.6) is 0 Å². The van der Waals surface area contributed by atoms with Crippen LogP contribution in [0.3, 0.4) is 0 Å². The number of fused-ring (bicyclic) bond motifs is 1. The average molecular weight is 341 g/mol. The van der Waals surface area contributed by atoms with Crippen LogP contribution in [-0.4, -0.2) is 43.2 Å². The molecule has 0 aliphatic carbocycles. The zero-order valence-corrected chi connectivity index (χ0v) is 14.4. The zero-order valence-electron chi connectivity index (χ0n) is 13.6. The Morgan fingerprint density at radius 1 is 1.42 bits per heavy atom. The number of amides is 1. The fourth-order valence-electron chi connectivity index (χ4n) is 3.13. The van der Waals surface area contributed by atoms with Crippen LogP contribution in [0.2, 0.25) is 0 Å². The largest absolute Gasteiger partial charge is 0.337 e. The number of nitrogens with zero attached hydrogens (tertiary/aromatic N) is 5. The van der Waals surface area contributed by atoms with Crippen LogP contribution < -0.4 is 0 Å². The van der Waals surface area contributed by atoms with Gasteiger partial charge >= 0.3 is 0 Å². The summed E-state index contributed by atoms with van der Waals surface area (Å²) < 4.78 is 1.78. The maximum atomic E-state index is 12.8. The van der Waals surface area contributed by atoms with E-state index in [1.807, 2.05) is 17.2 Å². The molecule has 1 fully saturated rings. The lowest BCUT2D eigenvalue weighted by molar-refractivity contribution is 0.0701. The maximum Gasteiger partial charge on any atom is 0.274 e. The third-order valence-corrected chi connectivity index (χ3v) is 5.50. The molecule has 3 aromatic rings. The number of hydrogen-bond acceptors (Lipinski definition) is 5. The molecule has 1 saturated heterocycles. The van der Waals surface area contributed by atoms with Crippen LogP contribution in [0, 0.1) is 0 Å². The highest BCUT2D eigenvalue weighted by atomic mass is 32.1. The lowest BCUT2D eigenvalue weighted by Crippen LogP contribution is -2.39. The van der Waals surface area contributed by atoms with Crippen LogP contribution >= 0.6 is 11.3 Å². The van der Waals surface area contributed by atoms with E-state index in [2.05, 4.69) is 22.3 Å². The van der Waals surface area contributed by atoms with E-state index in [1.54, 1.807) is 28.1 Å². The Balaban J connectivity index is 1.53. The number of likely N-dealkylation sites (tertiary alicyclic amines) is 1. The summed E-state index contributed by atoms with van der Waals surface area (Å²) in [5.74, 6) is 0.877. The molecule has 1 amide bonds. The summed E-state index contributed by atoms with van der Waals surface area (Å²) in [6, 6.07) is 1.83. The number of piperidine rings is 1. The van der Waals surface area contributed by atoms with Gasteiger partial charge in [-0.2, -0.15) is 0 Å². The van der Waals surface area contributed by atoms with Crippen molar-refractivity contribution in [1.29, 1.82) is 0 Å². The number of carbonyl (C=O) groups is 1. The number of thiazole rings is 1. The maximum absolute atomic E-state index is 12.8. The Bertz CT molecular complexity index is 838. The van der Waals surface area contributed by atoms with Crippen molar-refractivity contribution in [3.05, 3.63) is 46.4 Å². The van der Waals surface area contributed by atoms with Gasteiger partial charge < -0.3 is 4.90 Å². The van der Waals surface area contributed by atoms with Gasteiger partial charge in [-0.3, -0.25) is 9.20 Å². The molecule has 4 rings (SSSR count). The van der Waals surface area contributed by atoms with Crippen molar-refractivity contribution in [2.24, 2.45) is 0 Å². The van der Waals surface area contributed by atoms with E-state index in [0.29, 0.717) is 17.4 Å². The second kappa shape index (κ2) is 6.32. The number of rotatable bonds is 3. The smallest absolute Gasteiger partial charge is 0.274 e. The second-order valence-corrected chi connectivity index (χ2v) is 6.96. The third-order valence-electron chi connectivity index (χ3n) is 4.44. The molecule has 1 unspecified atom stereocenters. The Kier molecular flexibility index (Phi) is 4.02. The molecule has 124 valence electrons. The summed E-state index contributed by atoms with van der Waals surface area (Å²) in [7, 11) is 0. The molecule has 0 aromatic carbocycles. The third kappa shape index (κ3) is 2.80. The molecule has 24 heavy (non-hydrogen) atoms. The van der Waals surface area contributed by atoms with Gasteiger partial charge in [0.15, 0.2) is 0 Å². The number of aryl methyl sites for hydroxylation is 1. The van der Waals surface area contributed by atoms with Crippen LogP contribution in [0.15, 0.2) is 30.0 Å². The highest BCUT2D eigenvalue weighted by Crippen LogP contribution is 2.30. The van der Waals surface area contributed by atoms with Gasteiger partial charge in [0.25, 0.3) is 5.91 Å². The van der Waals surface area contributed by atoms with E-state index >= 15 is 0 Å². The van der Waals surface area contributed by atoms with Crippen molar-refractivity contribution >= 4 is 23.0 Å². The van der Waals surface area contributed by atoms with Gasteiger partial charge in [-0.15, -0.1) is 11.3 Å². The molecule has 3 aromatic heterocycles. The molecule has 1 aliphatic rings. The fraction of sp³-hybridized carbons (Fsp3) is 0.412. The summed E-state index contributed by atoms with van der Waals surface area (Å²) in [6.45, 7) is 3.62. The normalized spacial score (nSPS) is 18.2. The minimum absolute atomic E-state index is 0.0162. The van der Waals surface area contributed by atoms with Crippen LogP contribution in [0.25, 0.3) is 5.78 Å². The summed E-state index contributed by atoms with van der Waals surface area (Å²) >= 11 is 1.72. The van der Waals surface area contributed by atoms with Crippen molar-refractivity contribution in [2.45, 2.75) is 32.1 Å². The molecule has 4 heterocycles. The van der Waals surface area contributed by atoms with Gasteiger partial charge in [0.2, 0.25) is 5.78 Å². The molecule has 0 N–H and O–H groups in total. The van der Waals surface area contributed by atoms with Crippen molar-refractivity contribution in [3.8, 4) is 0 Å². The molecule has 6 nitrogen and oxygen atoms in total. The summed E-state index contributed by atoms with van der Waals surface area (Å²) in [6.07, 6.45) is 8.34. The second-order valence-electron chi connectivity index (χ2n) is 6.07. The Labute approximate surface area is 144 Å². The van der Waals surface area contributed by atoms with Crippen molar-refractivity contribution in [1.82, 2.24) is 24.3 Å². The molecule has 1 aliphatic heterocycles. The van der Waals surface area contributed by atoms with E-state index < -0.39 is 0 Å². The van der Waals surface area contributed by atoms with Gasteiger partial charge in [0, 0.05) is 43.0 Å². The predicted octanol–water partition coefficient (Wildman–Crippen LogP) is 2.77. The Hall–Kier alpha value is -2.28. The van der Waals surface area contributed by atoms with E-state index in [1.165, 1.54) is 0 Å². The molecule has 0 spiro atoms. The first kappa shape index (κ1) is 15.3. The quantitative estimate of drug-likeness (QED) is 0.735. The van der Waals surface area contributed by atoms with E-state index in [0.717, 1.165) is 43.1 Å². The van der Waals surface area contributed by atoms with Gasteiger partial charge in [0.05, 0.1) is 10.7 Å². The number of aromatic nitrogens is 4. The molecular formula is C17H19N5OS. The highest BCUT2D eigenvalue weighted by molar-refractivity contribution is 7.09. The van der Waals surface area contributed by atoms with Gasteiger partial charge in [-0.05, 0) is 25.3 Å². The first-order valence-corrected chi connectivity index (χ1v) is 9.16. The summed E-state index contributed by atoms with van der Waals surface area (Å²) in [5.41, 5.74) is 1.60. The van der Waals surface area contributed by atoms with Gasteiger partial charge in [-0.1, -0.05) is 6.92 Å². The lowest BCUT2D eigenvalue weighted by atomic mass is 9.98. The SMILES string of the molecule is CCc1csc(C2CCCN(C(=O)c3cn4cccnc4n3)C2)n1. The Morgan fingerprint density at radius 3 is 3.12 bits per heavy atom. The molecule has 0 radical (unpaired) electrons. The fourth-order valence-corrected chi connectivity index (χ4v) is 4.16. The molecular weight excluding hydrogens is 322 g/mol. The van der Waals surface area contributed by atoms with E-state index in [4.69, 9.17) is 4.98 Å². The highest BCUT2D eigenvalue weighted by Gasteiger charge is 2.28. The van der Waals surface area contributed by atoms with Crippen LogP contribution in [0.4, 0.5) is 0 Å². The van der Waals surface area contributed by atoms with Gasteiger partial charge in [0.1, 0.15) is 5.69 Å². The standard InChI is InChI=1S/C17H19N5OS/c1-2-13-11-24-15(19-13)12-5-3-7-21(9-12)16(23)14-10-22-8-4-6-18-17(22)20-14/h4,6,8,10-12H,2-3,5,7,9H2,1H3. The summed E-state index contributed by atoms with van der Waals surface area (Å²) in [5, 5.41) is 3.28. The predicted molar refractivity (Wildman–Crippen MR) is 92.4 cm³/mol. The minimum atomic E-state index is -0.0162. The Morgan fingerprint density at radius 2 is 2.33 bits per heavy atom.